The molecule has 1 aromatic rings. The van der Waals surface area contributed by atoms with E-state index in [0.29, 0.717) is 16.6 Å². The molecular formula is C10H11BrFNO. The van der Waals surface area contributed by atoms with Gasteiger partial charge in [0.05, 0.1) is 0 Å². The highest BCUT2D eigenvalue weighted by Gasteiger charge is 2.06. The summed E-state index contributed by atoms with van der Waals surface area (Å²) in [5.74, 6) is -0.659. The number of carbonyl (C=O) groups excluding carboxylic acids is 1. The Bertz CT molecular complexity index is 321. The van der Waals surface area contributed by atoms with Gasteiger partial charge in [-0.1, -0.05) is 22.9 Å². The van der Waals surface area contributed by atoms with E-state index in [9.17, 15) is 9.18 Å². The monoisotopic (exact) mass is 259 g/mol. The van der Waals surface area contributed by atoms with Crippen LogP contribution in [0.5, 0.6) is 0 Å². The quantitative estimate of drug-likeness (QED) is 0.889. The summed E-state index contributed by atoms with van der Waals surface area (Å²) in [6, 6.07) is 4.13. The summed E-state index contributed by atoms with van der Waals surface area (Å²) >= 11 is 3.13. The lowest BCUT2D eigenvalue weighted by Gasteiger charge is -2.03. The van der Waals surface area contributed by atoms with Crippen LogP contribution in [-0.4, -0.2) is 12.5 Å². The molecule has 0 spiro atoms. The second kappa shape index (κ2) is 5.10. The minimum Gasteiger partial charge on any atom is -0.352 e. The number of benzene rings is 1. The third-order valence-electron chi connectivity index (χ3n) is 1.66. The third kappa shape index (κ3) is 3.10. The lowest BCUT2D eigenvalue weighted by Crippen LogP contribution is -2.24. The zero-order valence-corrected chi connectivity index (χ0v) is 9.40. The first-order chi connectivity index (χ1) is 6.63. The van der Waals surface area contributed by atoms with Crippen molar-refractivity contribution in [2.75, 3.05) is 6.54 Å². The number of nitrogens with one attached hydrogen (secondary N) is 1. The van der Waals surface area contributed by atoms with Crippen molar-refractivity contribution < 1.29 is 9.18 Å². The van der Waals surface area contributed by atoms with Gasteiger partial charge in [0.15, 0.2) is 0 Å². The van der Waals surface area contributed by atoms with E-state index in [0.717, 1.165) is 6.42 Å². The Kier molecular flexibility index (Phi) is 4.07. The summed E-state index contributed by atoms with van der Waals surface area (Å²) in [6.07, 6.45) is 0.863. The Hall–Kier alpha value is -0.900. The molecule has 0 aliphatic rings. The van der Waals surface area contributed by atoms with E-state index in [1.54, 1.807) is 6.07 Å². The molecule has 0 atom stereocenters. The fourth-order valence-corrected chi connectivity index (χ4v) is 1.49. The normalized spacial score (nSPS) is 9.93. The van der Waals surface area contributed by atoms with Crippen LogP contribution in [0.3, 0.4) is 0 Å². The minimum absolute atomic E-state index is 0.243. The Morgan fingerprint density at radius 1 is 1.50 bits per heavy atom. The number of hydrogen-bond acceptors (Lipinski definition) is 1. The molecule has 4 heteroatoms. The van der Waals surface area contributed by atoms with Crippen LogP contribution in [0, 0.1) is 5.82 Å². The molecule has 0 aliphatic heterocycles. The van der Waals surface area contributed by atoms with Gasteiger partial charge < -0.3 is 5.32 Å². The number of rotatable bonds is 3. The predicted octanol–water partition coefficient (Wildman–Crippen LogP) is 2.73. The number of amides is 1. The first kappa shape index (κ1) is 11.2. The van der Waals surface area contributed by atoms with E-state index < -0.39 is 5.82 Å². The number of halogens is 2. The smallest absolute Gasteiger partial charge is 0.251 e. The molecule has 0 bridgehead atoms. The highest BCUT2D eigenvalue weighted by molar-refractivity contribution is 9.10. The Morgan fingerprint density at radius 3 is 2.79 bits per heavy atom. The maximum atomic E-state index is 12.9. The van der Waals surface area contributed by atoms with Crippen LogP contribution in [0.1, 0.15) is 23.7 Å². The molecular weight excluding hydrogens is 249 g/mol. The maximum Gasteiger partial charge on any atom is 0.251 e. The molecule has 76 valence electrons. The SMILES string of the molecule is CCCNC(=O)c1cc(F)cc(Br)c1. The van der Waals surface area contributed by atoms with Crippen LogP contribution in [0.2, 0.25) is 0 Å². The summed E-state index contributed by atoms with van der Waals surface area (Å²) in [7, 11) is 0. The summed E-state index contributed by atoms with van der Waals surface area (Å²) in [5.41, 5.74) is 0.338. The van der Waals surface area contributed by atoms with Crippen molar-refractivity contribution in [3.63, 3.8) is 0 Å². The molecule has 0 unspecified atom stereocenters. The molecule has 1 aromatic carbocycles. The van der Waals surface area contributed by atoms with E-state index in [1.165, 1.54) is 12.1 Å². The van der Waals surface area contributed by atoms with Crippen molar-refractivity contribution in [3.05, 3.63) is 34.1 Å². The lowest BCUT2D eigenvalue weighted by molar-refractivity contribution is 0.0953. The highest BCUT2D eigenvalue weighted by Crippen LogP contribution is 2.14. The molecule has 0 radical (unpaired) electrons. The van der Waals surface area contributed by atoms with Crippen molar-refractivity contribution in [2.45, 2.75) is 13.3 Å². The van der Waals surface area contributed by atoms with Gasteiger partial charge in [0.1, 0.15) is 5.82 Å². The highest BCUT2D eigenvalue weighted by atomic mass is 79.9. The maximum absolute atomic E-state index is 12.9. The van der Waals surface area contributed by atoms with Gasteiger partial charge in [-0.3, -0.25) is 4.79 Å². The van der Waals surface area contributed by atoms with Crippen LogP contribution < -0.4 is 5.32 Å². The fraction of sp³-hybridized carbons (Fsp3) is 0.300. The van der Waals surface area contributed by atoms with Crippen LogP contribution in [0.4, 0.5) is 4.39 Å². The van der Waals surface area contributed by atoms with Gasteiger partial charge in [-0.25, -0.2) is 4.39 Å². The number of carbonyl (C=O) groups is 1. The average Bonchev–Trinajstić information content (AvgIpc) is 2.12. The van der Waals surface area contributed by atoms with Crippen molar-refractivity contribution >= 4 is 21.8 Å². The summed E-state index contributed by atoms with van der Waals surface area (Å²) in [5, 5.41) is 2.68. The van der Waals surface area contributed by atoms with E-state index in [-0.39, 0.29) is 5.91 Å². The van der Waals surface area contributed by atoms with Crippen molar-refractivity contribution in [2.24, 2.45) is 0 Å². The molecule has 0 aromatic heterocycles. The third-order valence-corrected chi connectivity index (χ3v) is 2.12. The van der Waals surface area contributed by atoms with Gasteiger partial charge in [-0.15, -0.1) is 0 Å². The summed E-state index contributed by atoms with van der Waals surface area (Å²) in [6.45, 7) is 2.56. The van der Waals surface area contributed by atoms with Gasteiger partial charge >= 0.3 is 0 Å². The van der Waals surface area contributed by atoms with Crippen molar-refractivity contribution in [1.82, 2.24) is 5.32 Å². The first-order valence-corrected chi connectivity index (χ1v) is 5.17. The predicted molar refractivity (Wildman–Crippen MR) is 56.7 cm³/mol. The largest absolute Gasteiger partial charge is 0.352 e. The second-order valence-electron chi connectivity index (χ2n) is 2.91. The molecule has 1 rings (SSSR count). The topological polar surface area (TPSA) is 29.1 Å². The minimum atomic E-state index is -0.416. The zero-order valence-electron chi connectivity index (χ0n) is 7.81. The standard InChI is InChI=1S/C10H11BrFNO/c1-2-3-13-10(14)7-4-8(11)6-9(12)5-7/h4-6H,2-3H2,1H3,(H,13,14). The van der Waals surface area contributed by atoms with Crippen LogP contribution in [0.15, 0.2) is 22.7 Å². The first-order valence-electron chi connectivity index (χ1n) is 4.37. The van der Waals surface area contributed by atoms with Crippen molar-refractivity contribution in [1.29, 1.82) is 0 Å². The molecule has 2 nitrogen and oxygen atoms in total. The van der Waals surface area contributed by atoms with Crippen LogP contribution in [0.25, 0.3) is 0 Å². The number of hydrogen-bond donors (Lipinski definition) is 1. The van der Waals surface area contributed by atoms with Gasteiger partial charge in [0.25, 0.3) is 5.91 Å². The summed E-state index contributed by atoms with van der Waals surface area (Å²) in [4.78, 5) is 11.4. The molecule has 0 saturated carbocycles. The van der Waals surface area contributed by atoms with E-state index in [2.05, 4.69) is 21.2 Å². The Balaban J connectivity index is 2.79. The fourth-order valence-electron chi connectivity index (χ4n) is 1.03. The Morgan fingerprint density at radius 2 is 2.21 bits per heavy atom. The molecule has 1 N–H and O–H groups in total. The van der Waals surface area contributed by atoms with E-state index >= 15 is 0 Å². The average molecular weight is 260 g/mol. The van der Waals surface area contributed by atoms with Crippen molar-refractivity contribution in [3.8, 4) is 0 Å². The van der Waals surface area contributed by atoms with Gasteiger partial charge in [0.2, 0.25) is 0 Å². The van der Waals surface area contributed by atoms with Crippen LogP contribution >= 0.6 is 15.9 Å². The molecule has 1 amide bonds. The second-order valence-corrected chi connectivity index (χ2v) is 3.83. The Labute approximate surface area is 90.6 Å². The van der Waals surface area contributed by atoms with E-state index in [4.69, 9.17) is 0 Å². The van der Waals surface area contributed by atoms with E-state index in [1.807, 2.05) is 6.92 Å². The summed E-state index contributed by atoms with van der Waals surface area (Å²) < 4.78 is 13.5. The van der Waals surface area contributed by atoms with Gasteiger partial charge in [0, 0.05) is 16.6 Å². The molecule has 0 heterocycles. The van der Waals surface area contributed by atoms with Gasteiger partial charge in [-0.2, -0.15) is 0 Å². The molecule has 0 aliphatic carbocycles. The molecule has 0 fully saturated rings. The molecule has 0 saturated heterocycles. The lowest BCUT2D eigenvalue weighted by atomic mass is 10.2. The zero-order chi connectivity index (χ0) is 10.6. The molecule has 14 heavy (non-hydrogen) atoms. The van der Waals surface area contributed by atoms with Gasteiger partial charge in [-0.05, 0) is 24.6 Å². The van der Waals surface area contributed by atoms with Crippen LogP contribution in [-0.2, 0) is 0 Å².